The summed E-state index contributed by atoms with van der Waals surface area (Å²) in [7, 11) is 0. The van der Waals surface area contributed by atoms with Crippen molar-refractivity contribution in [1.82, 2.24) is 15.2 Å². The molecule has 0 radical (unpaired) electrons. The number of carbonyl (C=O) groups is 2. The molecule has 1 aromatic carbocycles. The van der Waals surface area contributed by atoms with Gasteiger partial charge in [0.1, 0.15) is 0 Å². The lowest BCUT2D eigenvalue weighted by Crippen LogP contribution is -2.16. The number of nitrogens with zero attached hydrogens (tertiary/aromatic N) is 2. The first-order valence-electron chi connectivity index (χ1n) is 7.66. The first-order chi connectivity index (χ1) is 13.2. The topological polar surface area (TPSA) is 113 Å². The first-order valence-corrected chi connectivity index (χ1v) is 8.45. The summed E-state index contributed by atoms with van der Waals surface area (Å²) in [5.74, 6) is -2.68. The quantitative estimate of drug-likeness (QED) is 0.541. The molecule has 0 unspecified atom stereocenters. The third-order valence-corrected chi connectivity index (χ3v) is 3.80. The van der Waals surface area contributed by atoms with Crippen molar-refractivity contribution in [3.8, 4) is 0 Å². The van der Waals surface area contributed by atoms with Crippen LogP contribution in [0.5, 0.6) is 0 Å². The average Bonchev–Trinajstić information content (AvgIpc) is 3.25. The van der Waals surface area contributed by atoms with E-state index >= 15 is 0 Å². The van der Waals surface area contributed by atoms with Crippen molar-refractivity contribution >= 4 is 39.4 Å². The SMILES string of the molecule is O=C(Cc1ccc(NC(=O)c2ccc(Br)o2)cc1)Nc1n[nH]c(C(F)(F)F)n1. The fourth-order valence-corrected chi connectivity index (χ4v) is 2.44. The van der Waals surface area contributed by atoms with Gasteiger partial charge in [0, 0.05) is 5.69 Å². The van der Waals surface area contributed by atoms with Crippen LogP contribution in [0.3, 0.4) is 0 Å². The van der Waals surface area contributed by atoms with E-state index < -0.39 is 29.8 Å². The Hall–Kier alpha value is -3.15. The molecule has 2 aromatic heterocycles. The third-order valence-electron chi connectivity index (χ3n) is 3.38. The molecule has 2 amide bonds. The predicted octanol–water partition coefficient (Wildman–Crippen LogP) is 3.61. The van der Waals surface area contributed by atoms with E-state index in [-0.39, 0.29) is 12.2 Å². The van der Waals surface area contributed by atoms with Crippen molar-refractivity contribution in [3.63, 3.8) is 0 Å². The van der Waals surface area contributed by atoms with E-state index in [1.54, 1.807) is 35.4 Å². The molecule has 146 valence electrons. The number of H-pyrrole nitrogens is 1. The van der Waals surface area contributed by atoms with Crippen molar-refractivity contribution in [2.24, 2.45) is 0 Å². The molecule has 0 spiro atoms. The lowest BCUT2D eigenvalue weighted by atomic mass is 10.1. The van der Waals surface area contributed by atoms with E-state index in [0.29, 0.717) is 15.9 Å². The van der Waals surface area contributed by atoms with Gasteiger partial charge in [-0.3, -0.25) is 20.0 Å². The van der Waals surface area contributed by atoms with E-state index in [1.165, 1.54) is 6.07 Å². The number of amides is 2. The number of hydrogen-bond acceptors (Lipinski definition) is 5. The largest absolute Gasteiger partial charge is 0.451 e. The monoisotopic (exact) mass is 457 g/mol. The van der Waals surface area contributed by atoms with Gasteiger partial charge < -0.3 is 9.73 Å². The van der Waals surface area contributed by atoms with Gasteiger partial charge in [-0.25, -0.2) is 0 Å². The van der Waals surface area contributed by atoms with Crippen LogP contribution >= 0.6 is 15.9 Å². The highest BCUT2D eigenvalue weighted by Gasteiger charge is 2.35. The first kappa shape index (κ1) is 19.6. The number of nitrogens with one attached hydrogen (secondary N) is 3. The summed E-state index contributed by atoms with van der Waals surface area (Å²) in [5.41, 5.74) is 1.05. The van der Waals surface area contributed by atoms with Gasteiger partial charge in [0.2, 0.25) is 17.7 Å². The van der Waals surface area contributed by atoms with Crippen LogP contribution in [0.1, 0.15) is 21.9 Å². The fourth-order valence-electron chi connectivity index (χ4n) is 2.13. The summed E-state index contributed by atoms with van der Waals surface area (Å²) in [6.45, 7) is 0. The lowest BCUT2D eigenvalue weighted by molar-refractivity contribution is -0.144. The zero-order valence-corrected chi connectivity index (χ0v) is 15.4. The second-order valence-electron chi connectivity index (χ2n) is 5.49. The molecule has 2 heterocycles. The van der Waals surface area contributed by atoms with E-state index in [2.05, 4.69) is 36.6 Å². The van der Waals surface area contributed by atoms with Crippen LogP contribution in [-0.4, -0.2) is 27.0 Å². The number of rotatable bonds is 5. The minimum absolute atomic E-state index is 0.116. The van der Waals surface area contributed by atoms with Gasteiger partial charge in [-0.15, -0.1) is 5.10 Å². The molecule has 0 aliphatic heterocycles. The van der Waals surface area contributed by atoms with Crippen LogP contribution in [-0.2, 0) is 17.4 Å². The molecule has 0 fully saturated rings. The van der Waals surface area contributed by atoms with Crippen molar-refractivity contribution in [1.29, 1.82) is 0 Å². The van der Waals surface area contributed by atoms with Crippen LogP contribution in [0.15, 0.2) is 45.5 Å². The summed E-state index contributed by atoms with van der Waals surface area (Å²) in [5, 5.41) is 9.80. The fraction of sp³-hybridized carbons (Fsp3) is 0.125. The van der Waals surface area contributed by atoms with Crippen LogP contribution in [0, 0.1) is 0 Å². The number of carbonyl (C=O) groups excluding carboxylic acids is 2. The molecular weight excluding hydrogens is 447 g/mol. The zero-order chi connectivity index (χ0) is 20.3. The molecule has 3 N–H and O–H groups in total. The van der Waals surface area contributed by atoms with E-state index in [9.17, 15) is 22.8 Å². The summed E-state index contributed by atoms with van der Waals surface area (Å²) in [6.07, 6.45) is -4.79. The summed E-state index contributed by atoms with van der Waals surface area (Å²) in [6, 6.07) is 9.42. The third kappa shape index (κ3) is 4.97. The molecule has 0 saturated carbocycles. The zero-order valence-electron chi connectivity index (χ0n) is 13.8. The maximum atomic E-state index is 12.4. The number of aromatic amines is 1. The number of hydrogen-bond donors (Lipinski definition) is 3. The van der Waals surface area contributed by atoms with Crippen LogP contribution in [0.4, 0.5) is 24.8 Å². The minimum Gasteiger partial charge on any atom is -0.444 e. The Morgan fingerprint density at radius 1 is 1.11 bits per heavy atom. The molecule has 12 heteroatoms. The second kappa shape index (κ2) is 7.84. The average molecular weight is 458 g/mol. The molecule has 28 heavy (non-hydrogen) atoms. The number of anilines is 2. The van der Waals surface area contributed by atoms with Gasteiger partial charge >= 0.3 is 6.18 Å². The Kier molecular flexibility index (Phi) is 5.49. The predicted molar refractivity (Wildman–Crippen MR) is 94.5 cm³/mol. The highest BCUT2D eigenvalue weighted by atomic mass is 79.9. The molecule has 0 saturated heterocycles. The molecule has 8 nitrogen and oxygen atoms in total. The smallest absolute Gasteiger partial charge is 0.444 e. The highest BCUT2D eigenvalue weighted by Crippen LogP contribution is 2.26. The molecule has 3 rings (SSSR count). The van der Waals surface area contributed by atoms with Gasteiger partial charge in [-0.1, -0.05) is 12.1 Å². The number of furan rings is 1. The highest BCUT2D eigenvalue weighted by molar-refractivity contribution is 9.10. The van der Waals surface area contributed by atoms with Crippen molar-refractivity contribution in [3.05, 3.63) is 58.2 Å². The van der Waals surface area contributed by atoms with Crippen LogP contribution in [0.2, 0.25) is 0 Å². The van der Waals surface area contributed by atoms with Gasteiger partial charge in [-0.2, -0.15) is 18.2 Å². The molecule has 0 atom stereocenters. The maximum absolute atomic E-state index is 12.4. The van der Waals surface area contributed by atoms with Crippen molar-refractivity contribution < 1.29 is 27.2 Å². The molecule has 0 aliphatic rings. The van der Waals surface area contributed by atoms with Crippen molar-refractivity contribution in [2.45, 2.75) is 12.6 Å². The molecule has 3 aromatic rings. The van der Waals surface area contributed by atoms with Gasteiger partial charge in [-0.05, 0) is 45.8 Å². The summed E-state index contributed by atoms with van der Waals surface area (Å²) >= 11 is 3.10. The second-order valence-corrected chi connectivity index (χ2v) is 6.27. The molecule has 0 aliphatic carbocycles. The van der Waals surface area contributed by atoms with E-state index in [0.717, 1.165) is 0 Å². The van der Waals surface area contributed by atoms with E-state index in [1.807, 2.05) is 0 Å². The van der Waals surface area contributed by atoms with Gasteiger partial charge in [0.25, 0.3) is 5.91 Å². The van der Waals surface area contributed by atoms with Gasteiger partial charge in [0.15, 0.2) is 10.4 Å². The van der Waals surface area contributed by atoms with Crippen LogP contribution < -0.4 is 10.6 Å². The lowest BCUT2D eigenvalue weighted by Gasteiger charge is -2.05. The van der Waals surface area contributed by atoms with Crippen LogP contribution in [0.25, 0.3) is 0 Å². The Morgan fingerprint density at radius 2 is 1.82 bits per heavy atom. The normalized spacial score (nSPS) is 11.3. The number of alkyl halides is 3. The Morgan fingerprint density at radius 3 is 2.39 bits per heavy atom. The number of benzene rings is 1. The number of aromatic nitrogens is 3. The van der Waals surface area contributed by atoms with Crippen molar-refractivity contribution in [2.75, 3.05) is 10.6 Å². The Bertz CT molecular complexity index is 998. The Labute approximate surface area is 163 Å². The standard InChI is InChI=1S/C16H11BrF3N5O3/c17-11-6-5-10(28-11)13(27)21-9-3-1-8(2-4-9)7-12(26)22-15-23-14(24-25-15)16(18,19)20/h1-6H,7H2,(H,21,27)(H2,22,23,24,25,26). The maximum Gasteiger partial charge on any atom is 0.451 e. The summed E-state index contributed by atoms with van der Waals surface area (Å²) in [4.78, 5) is 27.1. The van der Waals surface area contributed by atoms with E-state index in [4.69, 9.17) is 4.42 Å². The molecular formula is C16H11BrF3N5O3. The summed E-state index contributed by atoms with van der Waals surface area (Å²) < 4.78 is 42.9. The Balaban J connectivity index is 1.55. The molecule has 0 bridgehead atoms. The van der Waals surface area contributed by atoms with Gasteiger partial charge in [0.05, 0.1) is 6.42 Å². The minimum atomic E-state index is -4.68. The number of halogens is 4.